The zero-order valence-electron chi connectivity index (χ0n) is 14.1. The summed E-state index contributed by atoms with van der Waals surface area (Å²) in [6, 6.07) is 18.4. The van der Waals surface area contributed by atoms with Crippen molar-refractivity contribution in [2.24, 2.45) is 0 Å². The van der Waals surface area contributed by atoms with E-state index in [1.807, 2.05) is 60.7 Å². The zero-order valence-corrected chi connectivity index (χ0v) is 15.7. The summed E-state index contributed by atoms with van der Waals surface area (Å²) in [6.07, 6.45) is 0.349. The number of amides is 3. The van der Waals surface area contributed by atoms with Gasteiger partial charge in [-0.1, -0.05) is 76.8 Å². The highest BCUT2D eigenvalue weighted by molar-refractivity contribution is 7.10. The van der Waals surface area contributed by atoms with E-state index in [-0.39, 0.29) is 12.5 Å². The fourth-order valence-corrected chi connectivity index (χ4v) is 3.86. The number of benzene rings is 2. The lowest BCUT2D eigenvalue weighted by Crippen LogP contribution is -2.46. The maximum absolute atomic E-state index is 13.4. The molecule has 2 heterocycles. The molecule has 1 fully saturated rings. The quantitative estimate of drug-likeness (QED) is 0.668. The molecule has 0 unspecified atom stereocenters. The number of rotatable bonds is 5. The SMILES string of the molecule is O=C1N[C@@](Cc2ccccc2)(c2ccccc2)C(=O)N1Cc1nnsc1Cl. The molecule has 136 valence electrons. The molecule has 0 bridgehead atoms. The van der Waals surface area contributed by atoms with Crippen LogP contribution in [0.25, 0.3) is 0 Å². The number of nitrogens with zero attached hydrogens (tertiary/aromatic N) is 3. The summed E-state index contributed by atoms with van der Waals surface area (Å²) in [6.45, 7) is -0.0105. The van der Waals surface area contributed by atoms with E-state index in [0.717, 1.165) is 27.6 Å². The third-order valence-electron chi connectivity index (χ3n) is 4.57. The number of halogens is 1. The van der Waals surface area contributed by atoms with Crippen molar-refractivity contribution in [1.29, 1.82) is 0 Å². The standard InChI is InChI=1S/C19H15ClN4O2S/c20-16-15(22-23-27-16)12-24-17(25)19(21-18(24)26,14-9-5-2-6-10-14)11-13-7-3-1-4-8-13/h1-10H,11-12H2,(H,21,26)/t19-/m0/s1. The predicted octanol–water partition coefficient (Wildman–Crippen LogP) is 3.38. The third-order valence-corrected chi connectivity index (χ3v) is 5.56. The van der Waals surface area contributed by atoms with Crippen LogP contribution < -0.4 is 5.32 Å². The van der Waals surface area contributed by atoms with Crippen molar-refractivity contribution in [3.63, 3.8) is 0 Å². The van der Waals surface area contributed by atoms with Gasteiger partial charge in [-0.3, -0.25) is 9.69 Å². The van der Waals surface area contributed by atoms with Gasteiger partial charge in [-0.05, 0) is 11.1 Å². The molecule has 0 radical (unpaired) electrons. The maximum Gasteiger partial charge on any atom is 0.325 e. The largest absolute Gasteiger partial charge is 0.325 e. The Morgan fingerprint density at radius 2 is 1.70 bits per heavy atom. The van der Waals surface area contributed by atoms with Crippen LogP contribution >= 0.6 is 23.1 Å². The van der Waals surface area contributed by atoms with E-state index in [1.54, 1.807) is 0 Å². The van der Waals surface area contributed by atoms with E-state index in [1.165, 1.54) is 0 Å². The second kappa shape index (κ2) is 7.09. The smallest absolute Gasteiger partial charge is 0.319 e. The summed E-state index contributed by atoms with van der Waals surface area (Å²) in [5, 5.41) is 6.83. The van der Waals surface area contributed by atoms with Crippen LogP contribution in [0.2, 0.25) is 4.34 Å². The minimum Gasteiger partial charge on any atom is -0.319 e. The summed E-state index contributed by atoms with van der Waals surface area (Å²) < 4.78 is 4.14. The Labute approximate surface area is 164 Å². The van der Waals surface area contributed by atoms with Crippen LogP contribution in [0, 0.1) is 0 Å². The number of nitrogens with one attached hydrogen (secondary N) is 1. The van der Waals surface area contributed by atoms with Crippen molar-refractivity contribution in [3.8, 4) is 0 Å². The number of urea groups is 1. The molecule has 1 aliphatic rings. The Hall–Kier alpha value is -2.77. The highest BCUT2D eigenvalue weighted by Crippen LogP contribution is 2.34. The predicted molar refractivity (Wildman–Crippen MR) is 102 cm³/mol. The Bertz CT molecular complexity index is 980. The Morgan fingerprint density at radius 1 is 1.04 bits per heavy atom. The van der Waals surface area contributed by atoms with Gasteiger partial charge in [-0.2, -0.15) is 0 Å². The monoisotopic (exact) mass is 398 g/mol. The van der Waals surface area contributed by atoms with Crippen LogP contribution in [0.1, 0.15) is 16.8 Å². The van der Waals surface area contributed by atoms with Gasteiger partial charge in [0, 0.05) is 18.0 Å². The fraction of sp³-hybridized carbons (Fsp3) is 0.158. The van der Waals surface area contributed by atoms with E-state index < -0.39 is 11.6 Å². The van der Waals surface area contributed by atoms with Crippen molar-refractivity contribution < 1.29 is 9.59 Å². The summed E-state index contributed by atoms with van der Waals surface area (Å²) in [5.41, 5.74) is 0.923. The molecule has 3 aromatic rings. The molecule has 0 spiro atoms. The minimum atomic E-state index is -1.17. The first-order valence-corrected chi connectivity index (χ1v) is 9.45. The number of carbonyl (C=O) groups excluding carboxylic acids is 2. The zero-order chi connectivity index (χ0) is 18.9. The first-order chi connectivity index (χ1) is 13.1. The number of hydrogen-bond acceptors (Lipinski definition) is 5. The van der Waals surface area contributed by atoms with Crippen molar-refractivity contribution in [2.75, 3.05) is 0 Å². The topological polar surface area (TPSA) is 75.2 Å². The average molecular weight is 399 g/mol. The molecule has 2 aromatic carbocycles. The molecule has 0 saturated carbocycles. The normalized spacial score (nSPS) is 19.4. The van der Waals surface area contributed by atoms with Crippen LogP contribution in [0.4, 0.5) is 4.79 Å². The molecular weight excluding hydrogens is 384 g/mol. The van der Waals surface area contributed by atoms with E-state index in [2.05, 4.69) is 14.9 Å². The van der Waals surface area contributed by atoms with Crippen molar-refractivity contribution >= 4 is 35.1 Å². The maximum atomic E-state index is 13.4. The number of carbonyl (C=O) groups is 2. The van der Waals surface area contributed by atoms with Gasteiger partial charge >= 0.3 is 6.03 Å². The van der Waals surface area contributed by atoms with Gasteiger partial charge in [0.05, 0.1) is 6.54 Å². The Morgan fingerprint density at radius 3 is 2.33 bits per heavy atom. The molecule has 3 amide bonds. The summed E-state index contributed by atoms with van der Waals surface area (Å²) in [4.78, 5) is 27.3. The van der Waals surface area contributed by atoms with Gasteiger partial charge in [0.15, 0.2) is 5.54 Å². The van der Waals surface area contributed by atoms with E-state index in [4.69, 9.17) is 11.6 Å². The minimum absolute atomic E-state index is 0.0105. The van der Waals surface area contributed by atoms with Gasteiger partial charge in [-0.15, -0.1) is 5.10 Å². The molecule has 6 nitrogen and oxygen atoms in total. The fourth-order valence-electron chi connectivity index (χ4n) is 3.25. The third kappa shape index (κ3) is 3.20. The van der Waals surface area contributed by atoms with Crippen LogP contribution in [0.15, 0.2) is 60.7 Å². The lowest BCUT2D eigenvalue weighted by atomic mass is 9.83. The van der Waals surface area contributed by atoms with E-state index in [9.17, 15) is 9.59 Å². The van der Waals surface area contributed by atoms with E-state index in [0.29, 0.717) is 16.5 Å². The van der Waals surface area contributed by atoms with Gasteiger partial charge in [-0.25, -0.2) is 4.79 Å². The summed E-state index contributed by atoms with van der Waals surface area (Å²) in [5.74, 6) is -0.327. The molecule has 4 rings (SSSR count). The van der Waals surface area contributed by atoms with Gasteiger partial charge in [0.2, 0.25) is 0 Å². The highest BCUT2D eigenvalue weighted by atomic mass is 35.5. The molecule has 27 heavy (non-hydrogen) atoms. The molecule has 1 saturated heterocycles. The van der Waals surface area contributed by atoms with Crippen LogP contribution in [-0.2, 0) is 23.3 Å². The number of imide groups is 1. The van der Waals surface area contributed by atoms with Crippen molar-refractivity contribution in [1.82, 2.24) is 19.8 Å². The number of hydrogen-bond donors (Lipinski definition) is 1. The molecule has 1 aromatic heterocycles. The molecule has 1 aliphatic heterocycles. The first kappa shape index (κ1) is 17.6. The van der Waals surface area contributed by atoms with Crippen LogP contribution in [0.5, 0.6) is 0 Å². The molecule has 0 aliphatic carbocycles. The van der Waals surface area contributed by atoms with E-state index >= 15 is 0 Å². The highest BCUT2D eigenvalue weighted by Gasteiger charge is 2.52. The van der Waals surface area contributed by atoms with Gasteiger partial charge in [0.25, 0.3) is 5.91 Å². The Balaban J connectivity index is 1.74. The van der Waals surface area contributed by atoms with Crippen LogP contribution in [-0.4, -0.2) is 26.4 Å². The second-order valence-electron chi connectivity index (χ2n) is 6.25. The molecule has 8 heteroatoms. The molecule has 1 N–H and O–H groups in total. The lowest BCUT2D eigenvalue weighted by molar-refractivity contribution is -0.132. The second-order valence-corrected chi connectivity index (χ2v) is 7.60. The number of aromatic nitrogens is 2. The summed E-state index contributed by atoms with van der Waals surface area (Å²) in [7, 11) is 0. The lowest BCUT2D eigenvalue weighted by Gasteiger charge is -2.27. The van der Waals surface area contributed by atoms with Crippen LogP contribution in [0.3, 0.4) is 0 Å². The molecule has 1 atom stereocenters. The molecular formula is C19H15ClN4O2S. The average Bonchev–Trinajstić information content (AvgIpc) is 3.20. The first-order valence-electron chi connectivity index (χ1n) is 8.30. The summed E-state index contributed by atoms with van der Waals surface area (Å²) >= 11 is 7.08. The van der Waals surface area contributed by atoms with Crippen molar-refractivity contribution in [2.45, 2.75) is 18.5 Å². The van der Waals surface area contributed by atoms with Crippen molar-refractivity contribution in [3.05, 3.63) is 81.8 Å². The van der Waals surface area contributed by atoms with Gasteiger partial charge in [0.1, 0.15) is 10.0 Å². The Kier molecular flexibility index (Phi) is 4.63. The van der Waals surface area contributed by atoms with Gasteiger partial charge < -0.3 is 5.32 Å².